The van der Waals surface area contributed by atoms with Crippen LogP contribution in [0, 0.1) is 5.82 Å². The Balaban J connectivity index is 1.91. The molecule has 0 amide bonds. The lowest BCUT2D eigenvalue weighted by atomic mass is 10.1. The van der Waals surface area contributed by atoms with Crippen LogP contribution in [0.1, 0.15) is 11.4 Å². The Morgan fingerprint density at radius 3 is 2.42 bits per heavy atom. The smallest absolute Gasteiger partial charge is 0.141 e. The summed E-state index contributed by atoms with van der Waals surface area (Å²) in [7, 11) is 0. The minimum atomic E-state index is -0.228. The van der Waals surface area contributed by atoms with E-state index >= 15 is 0 Å². The topological polar surface area (TPSA) is 30.7 Å². The molecule has 0 fully saturated rings. The fourth-order valence-corrected chi connectivity index (χ4v) is 1.97. The summed E-state index contributed by atoms with van der Waals surface area (Å²) in [5.41, 5.74) is 2.02. The highest BCUT2D eigenvalue weighted by Crippen LogP contribution is 2.13. The molecular formula is C15H12FN3. The van der Waals surface area contributed by atoms with Crippen LogP contribution in [-0.2, 0) is 6.42 Å². The Morgan fingerprint density at radius 1 is 0.947 bits per heavy atom. The minimum absolute atomic E-state index is 0.228. The van der Waals surface area contributed by atoms with Crippen molar-refractivity contribution in [3.8, 4) is 5.69 Å². The molecule has 1 heterocycles. The molecule has 19 heavy (non-hydrogen) atoms. The van der Waals surface area contributed by atoms with Crippen molar-refractivity contribution in [2.75, 3.05) is 0 Å². The van der Waals surface area contributed by atoms with E-state index in [2.05, 4.69) is 10.2 Å². The number of rotatable bonds is 3. The highest BCUT2D eigenvalue weighted by molar-refractivity contribution is 5.33. The number of benzene rings is 2. The van der Waals surface area contributed by atoms with Crippen LogP contribution in [0.4, 0.5) is 4.39 Å². The minimum Gasteiger partial charge on any atom is -0.285 e. The van der Waals surface area contributed by atoms with Crippen molar-refractivity contribution >= 4 is 0 Å². The molecule has 0 atom stereocenters. The van der Waals surface area contributed by atoms with Crippen LogP contribution in [0.15, 0.2) is 60.9 Å². The molecule has 0 saturated carbocycles. The Kier molecular flexibility index (Phi) is 3.06. The lowest BCUT2D eigenvalue weighted by Gasteiger charge is -2.06. The average molecular weight is 253 g/mol. The van der Waals surface area contributed by atoms with E-state index in [1.807, 2.05) is 34.9 Å². The van der Waals surface area contributed by atoms with Crippen molar-refractivity contribution < 1.29 is 4.39 Å². The van der Waals surface area contributed by atoms with E-state index in [0.29, 0.717) is 6.42 Å². The molecule has 3 aromatic rings. The van der Waals surface area contributed by atoms with Gasteiger partial charge in [0.15, 0.2) is 0 Å². The van der Waals surface area contributed by atoms with Crippen molar-refractivity contribution in [1.29, 1.82) is 0 Å². The first-order chi connectivity index (χ1) is 9.33. The lowest BCUT2D eigenvalue weighted by molar-refractivity contribution is 0.627. The summed E-state index contributed by atoms with van der Waals surface area (Å²) in [4.78, 5) is 0. The van der Waals surface area contributed by atoms with E-state index in [4.69, 9.17) is 0 Å². The number of nitrogens with zero attached hydrogens (tertiary/aromatic N) is 3. The predicted molar refractivity (Wildman–Crippen MR) is 70.6 cm³/mol. The maximum absolute atomic E-state index is 12.9. The highest BCUT2D eigenvalue weighted by Gasteiger charge is 2.07. The molecule has 0 N–H and O–H groups in total. The van der Waals surface area contributed by atoms with Crippen LogP contribution in [0.25, 0.3) is 5.69 Å². The highest BCUT2D eigenvalue weighted by atomic mass is 19.1. The van der Waals surface area contributed by atoms with Crippen molar-refractivity contribution in [3.05, 3.63) is 78.1 Å². The first-order valence-corrected chi connectivity index (χ1v) is 6.02. The van der Waals surface area contributed by atoms with Gasteiger partial charge in [-0.1, -0.05) is 30.3 Å². The SMILES string of the molecule is Fc1ccc(Cc2nncn2-c2ccccc2)cc1. The maximum Gasteiger partial charge on any atom is 0.141 e. The summed E-state index contributed by atoms with van der Waals surface area (Å²) in [6, 6.07) is 16.3. The second-order valence-electron chi connectivity index (χ2n) is 4.26. The Labute approximate surface area is 110 Å². The first-order valence-electron chi connectivity index (χ1n) is 6.02. The first kappa shape index (κ1) is 11.6. The Morgan fingerprint density at radius 2 is 1.68 bits per heavy atom. The van der Waals surface area contributed by atoms with Crippen LogP contribution < -0.4 is 0 Å². The number of para-hydroxylation sites is 1. The van der Waals surface area contributed by atoms with Gasteiger partial charge < -0.3 is 0 Å². The summed E-state index contributed by atoms with van der Waals surface area (Å²) >= 11 is 0. The fourth-order valence-electron chi connectivity index (χ4n) is 1.97. The Hall–Kier alpha value is -2.49. The normalized spacial score (nSPS) is 10.6. The second kappa shape index (κ2) is 5.02. The molecule has 1 aromatic heterocycles. The molecule has 0 aliphatic carbocycles. The van der Waals surface area contributed by atoms with Gasteiger partial charge in [0.05, 0.1) is 0 Å². The maximum atomic E-state index is 12.9. The van der Waals surface area contributed by atoms with Gasteiger partial charge >= 0.3 is 0 Å². The molecule has 0 aliphatic rings. The average Bonchev–Trinajstić information content (AvgIpc) is 2.90. The monoisotopic (exact) mass is 253 g/mol. The van der Waals surface area contributed by atoms with Gasteiger partial charge in [0.25, 0.3) is 0 Å². The predicted octanol–water partition coefficient (Wildman–Crippen LogP) is 3.00. The summed E-state index contributed by atoms with van der Waals surface area (Å²) in [6.07, 6.45) is 2.31. The van der Waals surface area contributed by atoms with E-state index < -0.39 is 0 Å². The van der Waals surface area contributed by atoms with Crippen LogP contribution >= 0.6 is 0 Å². The van der Waals surface area contributed by atoms with E-state index in [1.165, 1.54) is 12.1 Å². The molecule has 3 nitrogen and oxygen atoms in total. The number of hydrogen-bond donors (Lipinski definition) is 0. The zero-order valence-corrected chi connectivity index (χ0v) is 10.2. The third-order valence-corrected chi connectivity index (χ3v) is 2.93. The molecule has 94 valence electrons. The summed E-state index contributed by atoms with van der Waals surface area (Å²) in [5.74, 6) is 0.603. The fraction of sp³-hybridized carbons (Fsp3) is 0.0667. The lowest BCUT2D eigenvalue weighted by Crippen LogP contribution is -2.01. The number of halogens is 1. The molecule has 0 saturated heterocycles. The second-order valence-corrected chi connectivity index (χ2v) is 4.26. The molecule has 4 heteroatoms. The van der Waals surface area contributed by atoms with Gasteiger partial charge in [0.2, 0.25) is 0 Å². The van der Waals surface area contributed by atoms with E-state index in [-0.39, 0.29) is 5.82 Å². The summed E-state index contributed by atoms with van der Waals surface area (Å²) < 4.78 is 14.8. The summed E-state index contributed by atoms with van der Waals surface area (Å²) in [5, 5.41) is 8.08. The van der Waals surface area contributed by atoms with E-state index in [9.17, 15) is 4.39 Å². The molecule has 3 rings (SSSR count). The molecule has 0 radical (unpaired) electrons. The summed E-state index contributed by atoms with van der Waals surface area (Å²) in [6.45, 7) is 0. The van der Waals surface area contributed by atoms with Crippen molar-refractivity contribution in [3.63, 3.8) is 0 Å². The Bertz CT molecular complexity index is 659. The van der Waals surface area contributed by atoms with Crippen molar-refractivity contribution in [2.45, 2.75) is 6.42 Å². The third kappa shape index (κ3) is 2.52. The van der Waals surface area contributed by atoms with Gasteiger partial charge in [-0.05, 0) is 29.8 Å². The van der Waals surface area contributed by atoms with Crippen molar-refractivity contribution in [2.24, 2.45) is 0 Å². The third-order valence-electron chi connectivity index (χ3n) is 2.93. The molecule has 0 bridgehead atoms. The van der Waals surface area contributed by atoms with Crippen LogP contribution in [0.2, 0.25) is 0 Å². The van der Waals surface area contributed by atoms with Gasteiger partial charge in [0, 0.05) is 12.1 Å². The van der Waals surface area contributed by atoms with E-state index in [0.717, 1.165) is 17.1 Å². The van der Waals surface area contributed by atoms with Crippen LogP contribution in [-0.4, -0.2) is 14.8 Å². The van der Waals surface area contributed by atoms with Crippen LogP contribution in [0.3, 0.4) is 0 Å². The quantitative estimate of drug-likeness (QED) is 0.718. The van der Waals surface area contributed by atoms with Crippen molar-refractivity contribution in [1.82, 2.24) is 14.8 Å². The van der Waals surface area contributed by atoms with Gasteiger partial charge in [0.1, 0.15) is 18.0 Å². The molecule has 0 unspecified atom stereocenters. The van der Waals surface area contributed by atoms with Crippen LogP contribution in [0.5, 0.6) is 0 Å². The van der Waals surface area contributed by atoms with Gasteiger partial charge in [-0.2, -0.15) is 0 Å². The van der Waals surface area contributed by atoms with Gasteiger partial charge in [-0.3, -0.25) is 4.57 Å². The zero-order valence-electron chi connectivity index (χ0n) is 10.2. The number of aromatic nitrogens is 3. The van der Waals surface area contributed by atoms with E-state index in [1.54, 1.807) is 18.5 Å². The molecule has 0 aliphatic heterocycles. The largest absolute Gasteiger partial charge is 0.285 e. The standard InChI is InChI=1S/C15H12FN3/c16-13-8-6-12(7-9-13)10-15-18-17-11-19(15)14-4-2-1-3-5-14/h1-9,11H,10H2. The molecule has 2 aromatic carbocycles. The van der Waals surface area contributed by atoms with Gasteiger partial charge in [-0.15, -0.1) is 10.2 Å². The number of hydrogen-bond acceptors (Lipinski definition) is 2. The molecule has 0 spiro atoms. The molecular weight excluding hydrogens is 241 g/mol. The zero-order chi connectivity index (χ0) is 13.1. The van der Waals surface area contributed by atoms with Gasteiger partial charge in [-0.25, -0.2) is 4.39 Å².